The molecule has 1 saturated carbocycles. The molecule has 0 aromatic rings. The van der Waals surface area contributed by atoms with Crippen molar-refractivity contribution in [1.82, 2.24) is 5.43 Å². The van der Waals surface area contributed by atoms with Gasteiger partial charge in [-0.05, 0) is 50.4 Å². The second-order valence-electron chi connectivity index (χ2n) is 6.05. The Morgan fingerprint density at radius 2 is 2.06 bits per heavy atom. The predicted octanol–water partition coefficient (Wildman–Crippen LogP) is 3.54. The Bertz CT molecular complexity index is 260. The van der Waals surface area contributed by atoms with Crippen molar-refractivity contribution in [3.8, 4) is 0 Å². The molecule has 0 aromatic heterocycles. The summed E-state index contributed by atoms with van der Waals surface area (Å²) in [5, 5.41) is 0. The minimum absolute atomic E-state index is 0.457. The number of nitrogens with one attached hydrogen (secondary N) is 1. The van der Waals surface area contributed by atoms with Crippen molar-refractivity contribution >= 4 is 0 Å². The van der Waals surface area contributed by atoms with E-state index in [-0.39, 0.29) is 0 Å². The van der Waals surface area contributed by atoms with Crippen LogP contribution in [-0.4, -0.2) is 6.04 Å². The quantitative estimate of drug-likeness (QED) is 0.447. The van der Waals surface area contributed by atoms with Crippen LogP contribution in [-0.2, 0) is 0 Å². The molecule has 17 heavy (non-hydrogen) atoms. The molecule has 0 bridgehead atoms. The van der Waals surface area contributed by atoms with Crippen LogP contribution in [0.3, 0.4) is 0 Å². The maximum atomic E-state index is 5.83. The SMILES string of the molecule is CC1CCC(C(NN)C2=CCCCCCC2)C1. The molecule has 3 atom stereocenters. The lowest BCUT2D eigenvalue weighted by Crippen LogP contribution is -2.41. The fourth-order valence-electron chi connectivity index (χ4n) is 3.60. The molecular weight excluding hydrogens is 208 g/mol. The summed E-state index contributed by atoms with van der Waals surface area (Å²) in [6, 6.07) is 0.457. The van der Waals surface area contributed by atoms with Crippen molar-refractivity contribution < 1.29 is 0 Å². The topological polar surface area (TPSA) is 38.0 Å². The second kappa shape index (κ2) is 6.55. The molecule has 2 heteroatoms. The number of rotatable bonds is 3. The van der Waals surface area contributed by atoms with E-state index in [4.69, 9.17) is 5.84 Å². The van der Waals surface area contributed by atoms with Crippen LogP contribution < -0.4 is 11.3 Å². The molecule has 0 amide bonds. The van der Waals surface area contributed by atoms with Crippen LogP contribution in [0.15, 0.2) is 11.6 Å². The molecule has 3 unspecified atom stereocenters. The van der Waals surface area contributed by atoms with E-state index in [9.17, 15) is 0 Å². The van der Waals surface area contributed by atoms with E-state index in [2.05, 4.69) is 18.4 Å². The van der Waals surface area contributed by atoms with Gasteiger partial charge < -0.3 is 0 Å². The molecule has 3 N–H and O–H groups in total. The highest BCUT2D eigenvalue weighted by Crippen LogP contribution is 2.36. The Balaban J connectivity index is 2.00. The standard InChI is InChI=1S/C15H28N2/c1-12-9-10-14(11-12)15(17-16)13-7-5-3-2-4-6-8-13/h7,12,14-15,17H,2-6,8-11,16H2,1H3. The number of hydrogen-bond acceptors (Lipinski definition) is 2. The van der Waals surface area contributed by atoms with Gasteiger partial charge in [0.25, 0.3) is 0 Å². The number of hydrazine groups is 1. The Morgan fingerprint density at radius 3 is 2.76 bits per heavy atom. The molecule has 0 heterocycles. The molecule has 0 spiro atoms. The summed E-state index contributed by atoms with van der Waals surface area (Å²) in [6.07, 6.45) is 14.6. The van der Waals surface area contributed by atoms with E-state index in [0.29, 0.717) is 6.04 Å². The fraction of sp³-hybridized carbons (Fsp3) is 0.867. The fourth-order valence-corrected chi connectivity index (χ4v) is 3.60. The highest BCUT2D eigenvalue weighted by Gasteiger charge is 2.30. The van der Waals surface area contributed by atoms with Crippen molar-refractivity contribution in [2.24, 2.45) is 17.7 Å². The van der Waals surface area contributed by atoms with Crippen LogP contribution in [0, 0.1) is 11.8 Å². The van der Waals surface area contributed by atoms with E-state index in [0.717, 1.165) is 11.8 Å². The van der Waals surface area contributed by atoms with Crippen LogP contribution in [0.4, 0.5) is 0 Å². The molecule has 2 nitrogen and oxygen atoms in total. The molecule has 0 aromatic carbocycles. The molecule has 2 aliphatic carbocycles. The molecular formula is C15H28N2. The van der Waals surface area contributed by atoms with E-state index >= 15 is 0 Å². The molecule has 2 aliphatic rings. The third kappa shape index (κ3) is 3.56. The van der Waals surface area contributed by atoms with Crippen molar-refractivity contribution in [1.29, 1.82) is 0 Å². The van der Waals surface area contributed by atoms with Crippen molar-refractivity contribution in [2.45, 2.75) is 70.8 Å². The minimum Gasteiger partial charge on any atom is -0.271 e. The summed E-state index contributed by atoms with van der Waals surface area (Å²) >= 11 is 0. The summed E-state index contributed by atoms with van der Waals surface area (Å²) < 4.78 is 0. The Labute approximate surface area is 106 Å². The van der Waals surface area contributed by atoms with Crippen LogP contribution in [0.1, 0.15) is 64.7 Å². The number of hydrogen-bond donors (Lipinski definition) is 2. The van der Waals surface area contributed by atoms with Crippen molar-refractivity contribution in [3.63, 3.8) is 0 Å². The smallest absolute Gasteiger partial charge is 0.0448 e. The van der Waals surface area contributed by atoms with Gasteiger partial charge in [0.05, 0.1) is 0 Å². The molecule has 1 fully saturated rings. The maximum absolute atomic E-state index is 5.83. The van der Waals surface area contributed by atoms with E-state index in [1.807, 2.05) is 0 Å². The molecule has 98 valence electrons. The third-order valence-corrected chi connectivity index (χ3v) is 4.61. The van der Waals surface area contributed by atoms with Crippen molar-refractivity contribution in [3.05, 3.63) is 11.6 Å². The van der Waals surface area contributed by atoms with Gasteiger partial charge in [-0.15, -0.1) is 0 Å². The van der Waals surface area contributed by atoms with Crippen LogP contribution in [0.25, 0.3) is 0 Å². The van der Waals surface area contributed by atoms with Crippen LogP contribution in [0.5, 0.6) is 0 Å². The van der Waals surface area contributed by atoms with Gasteiger partial charge in [0, 0.05) is 6.04 Å². The molecule has 0 saturated heterocycles. The summed E-state index contributed by atoms with van der Waals surface area (Å²) in [4.78, 5) is 0. The van der Waals surface area contributed by atoms with E-state index in [1.165, 1.54) is 57.8 Å². The van der Waals surface area contributed by atoms with Gasteiger partial charge in [-0.1, -0.05) is 37.8 Å². The van der Waals surface area contributed by atoms with Gasteiger partial charge in [-0.3, -0.25) is 11.3 Å². The average Bonchev–Trinajstić information content (AvgIpc) is 2.68. The molecule has 0 aliphatic heterocycles. The zero-order valence-corrected chi connectivity index (χ0v) is 11.3. The van der Waals surface area contributed by atoms with E-state index < -0.39 is 0 Å². The maximum Gasteiger partial charge on any atom is 0.0448 e. The molecule has 0 radical (unpaired) electrons. The summed E-state index contributed by atoms with van der Waals surface area (Å²) in [7, 11) is 0. The minimum atomic E-state index is 0.457. The third-order valence-electron chi connectivity index (χ3n) is 4.61. The lowest BCUT2D eigenvalue weighted by molar-refractivity contribution is 0.381. The zero-order valence-electron chi connectivity index (χ0n) is 11.3. The predicted molar refractivity (Wildman–Crippen MR) is 73.4 cm³/mol. The first-order valence-electron chi connectivity index (χ1n) is 7.46. The van der Waals surface area contributed by atoms with Gasteiger partial charge in [0.2, 0.25) is 0 Å². The van der Waals surface area contributed by atoms with Gasteiger partial charge in [-0.25, -0.2) is 0 Å². The first-order valence-corrected chi connectivity index (χ1v) is 7.46. The van der Waals surface area contributed by atoms with Gasteiger partial charge >= 0.3 is 0 Å². The molecule has 2 rings (SSSR count). The van der Waals surface area contributed by atoms with Crippen molar-refractivity contribution in [2.75, 3.05) is 0 Å². The van der Waals surface area contributed by atoms with E-state index in [1.54, 1.807) is 5.57 Å². The lowest BCUT2D eigenvalue weighted by atomic mass is 9.86. The summed E-state index contributed by atoms with van der Waals surface area (Å²) in [6.45, 7) is 2.38. The second-order valence-corrected chi connectivity index (χ2v) is 6.05. The highest BCUT2D eigenvalue weighted by molar-refractivity contribution is 5.13. The first kappa shape index (κ1) is 13.1. The average molecular weight is 236 g/mol. The first-order chi connectivity index (χ1) is 8.31. The normalized spacial score (nSPS) is 32.7. The van der Waals surface area contributed by atoms with Crippen LogP contribution >= 0.6 is 0 Å². The zero-order chi connectivity index (χ0) is 12.1. The Kier molecular flexibility index (Phi) is 5.05. The summed E-state index contributed by atoms with van der Waals surface area (Å²) in [5.74, 6) is 7.50. The van der Waals surface area contributed by atoms with Gasteiger partial charge in [0.15, 0.2) is 0 Å². The van der Waals surface area contributed by atoms with Gasteiger partial charge in [-0.2, -0.15) is 0 Å². The van der Waals surface area contributed by atoms with Crippen LogP contribution in [0.2, 0.25) is 0 Å². The lowest BCUT2D eigenvalue weighted by Gasteiger charge is -2.27. The number of allylic oxidation sites excluding steroid dienone is 1. The van der Waals surface area contributed by atoms with Gasteiger partial charge in [0.1, 0.15) is 0 Å². The largest absolute Gasteiger partial charge is 0.271 e. The Hall–Kier alpha value is -0.340. The number of nitrogens with two attached hydrogens (primary N) is 1. The Morgan fingerprint density at radius 1 is 1.24 bits per heavy atom. The summed E-state index contributed by atoms with van der Waals surface area (Å²) in [5.41, 5.74) is 4.72. The highest BCUT2D eigenvalue weighted by atomic mass is 15.2. The monoisotopic (exact) mass is 236 g/mol.